The van der Waals surface area contributed by atoms with E-state index in [1.54, 1.807) is 42.5 Å². The summed E-state index contributed by atoms with van der Waals surface area (Å²) in [5, 5.41) is 20.7. The van der Waals surface area contributed by atoms with Crippen LogP contribution in [0.1, 0.15) is 27.3 Å². The smallest absolute Gasteiger partial charge is 0.291 e. The highest BCUT2D eigenvalue weighted by Gasteiger charge is 2.12. The molecule has 3 heterocycles. The molecule has 0 aliphatic heterocycles. The monoisotopic (exact) mass is 439 g/mol. The number of aliphatic imine (C=N–C) groups is 1. The number of aromatic nitrogens is 5. The molecule has 0 saturated carbocycles. The fourth-order valence-electron chi connectivity index (χ4n) is 3.65. The maximum absolute atomic E-state index is 12.3. The fraction of sp³-hybridized carbons (Fsp3) is 0.0833. The Morgan fingerprint density at radius 3 is 2.70 bits per heavy atom. The lowest BCUT2D eigenvalue weighted by Gasteiger charge is -2.07. The molecule has 0 bridgehead atoms. The number of aryl methyl sites for hydroxylation is 1. The van der Waals surface area contributed by atoms with Crippen molar-refractivity contribution in [1.29, 1.82) is 0 Å². The van der Waals surface area contributed by atoms with Crippen LogP contribution in [0.25, 0.3) is 10.9 Å². The lowest BCUT2D eigenvalue weighted by molar-refractivity contribution is 0.101. The van der Waals surface area contributed by atoms with Gasteiger partial charge < -0.3 is 20.0 Å². The molecule has 9 heteroatoms. The quantitative estimate of drug-likeness (QED) is 0.299. The van der Waals surface area contributed by atoms with E-state index in [0.717, 1.165) is 22.0 Å². The van der Waals surface area contributed by atoms with Crippen LogP contribution in [0.5, 0.6) is 5.88 Å². The topological polar surface area (TPSA) is 124 Å². The van der Waals surface area contributed by atoms with Crippen molar-refractivity contribution in [1.82, 2.24) is 24.7 Å². The predicted molar refractivity (Wildman–Crippen MR) is 126 cm³/mol. The van der Waals surface area contributed by atoms with E-state index in [4.69, 9.17) is 0 Å². The van der Waals surface area contributed by atoms with Gasteiger partial charge in [0.2, 0.25) is 0 Å². The molecule has 164 valence electrons. The van der Waals surface area contributed by atoms with Crippen molar-refractivity contribution in [3.63, 3.8) is 0 Å². The van der Waals surface area contributed by atoms with Gasteiger partial charge in [0.15, 0.2) is 11.7 Å². The lowest BCUT2D eigenvalue weighted by Crippen LogP contribution is -2.16. The minimum Gasteiger partial charge on any atom is -0.494 e. The molecule has 33 heavy (non-hydrogen) atoms. The van der Waals surface area contributed by atoms with E-state index < -0.39 is 0 Å². The van der Waals surface area contributed by atoms with E-state index in [1.165, 1.54) is 0 Å². The summed E-state index contributed by atoms with van der Waals surface area (Å²) in [5.74, 6) is 0.777. The Morgan fingerprint density at radius 1 is 1.15 bits per heavy atom. The number of aromatic amines is 2. The molecule has 2 aromatic carbocycles. The van der Waals surface area contributed by atoms with E-state index in [0.29, 0.717) is 29.3 Å². The van der Waals surface area contributed by atoms with E-state index in [-0.39, 0.29) is 11.8 Å². The molecule has 5 rings (SSSR count). The summed E-state index contributed by atoms with van der Waals surface area (Å²) in [5.41, 5.74) is 4.33. The lowest BCUT2D eigenvalue weighted by atomic mass is 10.0. The molecule has 3 aromatic heterocycles. The van der Waals surface area contributed by atoms with Crippen LogP contribution >= 0.6 is 0 Å². The first kappa shape index (κ1) is 20.3. The van der Waals surface area contributed by atoms with Crippen molar-refractivity contribution in [3.8, 4) is 5.88 Å². The van der Waals surface area contributed by atoms with Crippen LogP contribution in [0, 0.1) is 0 Å². The third kappa shape index (κ3) is 4.24. The molecule has 1 amide bonds. The minimum atomic E-state index is -0.253. The summed E-state index contributed by atoms with van der Waals surface area (Å²) in [6.45, 7) is 0. The van der Waals surface area contributed by atoms with E-state index in [2.05, 4.69) is 30.5 Å². The molecule has 0 saturated heterocycles. The Balaban J connectivity index is 1.33. The summed E-state index contributed by atoms with van der Waals surface area (Å²) >= 11 is 0. The van der Waals surface area contributed by atoms with Gasteiger partial charge in [-0.3, -0.25) is 9.89 Å². The Hall–Kier alpha value is -4.66. The highest BCUT2D eigenvalue weighted by atomic mass is 16.3. The molecule has 0 radical (unpaired) electrons. The summed E-state index contributed by atoms with van der Waals surface area (Å²) in [4.78, 5) is 23.7. The molecule has 0 unspecified atom stereocenters. The third-order valence-corrected chi connectivity index (χ3v) is 5.35. The zero-order chi connectivity index (χ0) is 22.8. The zero-order valence-corrected chi connectivity index (χ0v) is 17.8. The van der Waals surface area contributed by atoms with Gasteiger partial charge in [0.05, 0.1) is 11.8 Å². The first-order chi connectivity index (χ1) is 16.1. The van der Waals surface area contributed by atoms with Crippen molar-refractivity contribution >= 4 is 34.5 Å². The number of anilines is 1. The Morgan fingerprint density at radius 2 is 1.97 bits per heavy atom. The Bertz CT molecular complexity index is 1440. The SMILES string of the molecule is Cn1ccnc1C(=O)Nc1ccc(Cc2ccc3[nH]c(O)c(C=Nc4ccn[nH]4)c3c2)cc1. The van der Waals surface area contributed by atoms with Gasteiger partial charge in [-0.05, 0) is 41.8 Å². The number of aromatic hydroxyl groups is 1. The summed E-state index contributed by atoms with van der Waals surface area (Å²) in [6.07, 6.45) is 7.26. The van der Waals surface area contributed by atoms with Crippen LogP contribution in [0.2, 0.25) is 0 Å². The Labute approximate surface area is 188 Å². The van der Waals surface area contributed by atoms with Crippen molar-refractivity contribution in [2.24, 2.45) is 12.0 Å². The molecule has 5 aromatic rings. The first-order valence-electron chi connectivity index (χ1n) is 10.3. The second-order valence-corrected chi connectivity index (χ2v) is 7.66. The largest absolute Gasteiger partial charge is 0.494 e. The number of rotatable bonds is 6. The van der Waals surface area contributed by atoms with E-state index in [1.807, 2.05) is 42.5 Å². The number of benzene rings is 2. The molecule has 0 aliphatic rings. The molecular formula is C24H21N7O2. The second kappa shape index (κ2) is 8.46. The number of hydrogen-bond donors (Lipinski definition) is 4. The fourth-order valence-corrected chi connectivity index (χ4v) is 3.65. The van der Waals surface area contributed by atoms with Crippen molar-refractivity contribution in [3.05, 3.63) is 89.6 Å². The van der Waals surface area contributed by atoms with Gasteiger partial charge in [0.1, 0.15) is 5.82 Å². The summed E-state index contributed by atoms with van der Waals surface area (Å²) in [6, 6.07) is 15.5. The van der Waals surface area contributed by atoms with Crippen molar-refractivity contribution < 1.29 is 9.90 Å². The van der Waals surface area contributed by atoms with Gasteiger partial charge in [-0.15, -0.1) is 0 Å². The third-order valence-electron chi connectivity index (χ3n) is 5.35. The number of amides is 1. The van der Waals surface area contributed by atoms with Gasteiger partial charge in [-0.2, -0.15) is 5.10 Å². The van der Waals surface area contributed by atoms with E-state index >= 15 is 0 Å². The molecule has 0 spiro atoms. The molecule has 0 fully saturated rings. The molecular weight excluding hydrogens is 418 g/mol. The predicted octanol–water partition coefficient (Wildman–Crippen LogP) is 3.92. The van der Waals surface area contributed by atoms with Crippen LogP contribution in [-0.4, -0.2) is 42.0 Å². The highest BCUT2D eigenvalue weighted by Crippen LogP contribution is 2.28. The summed E-state index contributed by atoms with van der Waals surface area (Å²) in [7, 11) is 1.78. The van der Waals surface area contributed by atoms with Crippen LogP contribution < -0.4 is 5.32 Å². The number of nitrogens with one attached hydrogen (secondary N) is 3. The number of imidazole rings is 1. The average Bonchev–Trinajstić information content (AvgIpc) is 3.54. The standard InChI is InChI=1S/C24H21N7O2/c1-31-11-10-25-22(31)24(33)28-17-5-2-15(3-6-17)12-16-4-7-20-18(13-16)19(23(32)29-20)14-26-21-8-9-27-30-21/h2-11,13-14,29,32H,12H2,1H3,(H,27,30)(H,28,33). The van der Waals surface area contributed by atoms with Gasteiger partial charge in [-0.25, -0.2) is 9.98 Å². The van der Waals surface area contributed by atoms with Crippen LogP contribution in [0.3, 0.4) is 0 Å². The van der Waals surface area contributed by atoms with Crippen molar-refractivity contribution in [2.45, 2.75) is 6.42 Å². The van der Waals surface area contributed by atoms with Crippen LogP contribution in [-0.2, 0) is 13.5 Å². The maximum atomic E-state index is 12.3. The van der Waals surface area contributed by atoms with Gasteiger partial charge >= 0.3 is 0 Å². The van der Waals surface area contributed by atoms with E-state index in [9.17, 15) is 9.90 Å². The van der Waals surface area contributed by atoms with Gasteiger partial charge in [0.25, 0.3) is 5.91 Å². The number of carbonyl (C=O) groups is 1. The maximum Gasteiger partial charge on any atom is 0.291 e. The number of nitrogens with zero attached hydrogens (tertiary/aromatic N) is 4. The highest BCUT2D eigenvalue weighted by molar-refractivity contribution is 6.03. The van der Waals surface area contributed by atoms with Crippen molar-refractivity contribution in [2.75, 3.05) is 5.32 Å². The number of carbonyl (C=O) groups excluding carboxylic acids is 1. The van der Waals surface area contributed by atoms with Gasteiger partial charge in [-0.1, -0.05) is 18.2 Å². The molecule has 0 atom stereocenters. The zero-order valence-electron chi connectivity index (χ0n) is 17.8. The normalized spacial score (nSPS) is 11.4. The van der Waals surface area contributed by atoms with Crippen LogP contribution in [0.15, 0.2) is 72.1 Å². The first-order valence-corrected chi connectivity index (χ1v) is 10.3. The molecule has 4 N–H and O–H groups in total. The number of fused-ring (bicyclic) bond motifs is 1. The molecule has 9 nitrogen and oxygen atoms in total. The minimum absolute atomic E-state index is 0.0678. The number of hydrogen-bond acceptors (Lipinski definition) is 5. The van der Waals surface area contributed by atoms with Gasteiger partial charge in [0, 0.05) is 48.3 Å². The summed E-state index contributed by atoms with van der Waals surface area (Å²) < 4.78 is 1.67. The average molecular weight is 439 g/mol. The number of H-pyrrole nitrogens is 2. The molecule has 0 aliphatic carbocycles. The van der Waals surface area contributed by atoms with Crippen LogP contribution in [0.4, 0.5) is 11.5 Å². The second-order valence-electron chi connectivity index (χ2n) is 7.66. The Kier molecular flexibility index (Phi) is 5.19.